The van der Waals surface area contributed by atoms with E-state index in [0.717, 1.165) is 0 Å². The lowest BCUT2D eigenvalue weighted by atomic mass is 9.92. The summed E-state index contributed by atoms with van der Waals surface area (Å²) in [4.78, 5) is 4.52. The molecule has 1 heterocycles. The lowest BCUT2D eigenvalue weighted by molar-refractivity contribution is 0.827. The first-order chi connectivity index (χ1) is 5.95. The molecule has 13 heavy (non-hydrogen) atoms. The molecule has 0 atom stereocenters. The van der Waals surface area contributed by atoms with Crippen LogP contribution in [-0.4, -0.2) is 4.98 Å². The first-order valence-corrected chi connectivity index (χ1v) is 4.89. The van der Waals surface area contributed by atoms with Gasteiger partial charge in [0.05, 0.1) is 0 Å². The van der Waals surface area contributed by atoms with Crippen LogP contribution in [0.4, 0.5) is 0 Å². The van der Waals surface area contributed by atoms with Crippen molar-refractivity contribution in [2.75, 3.05) is 0 Å². The predicted octanol–water partition coefficient (Wildman–Crippen LogP) is 3.44. The third kappa shape index (κ3) is 1.74. The van der Waals surface area contributed by atoms with Crippen molar-refractivity contribution in [1.82, 2.24) is 4.98 Å². The standard InChI is InChI=1S/C12H19N/c1-7(2)12-8(3)10(5)13-11(6)9(12)4/h7H,1-6H3. The minimum Gasteiger partial charge on any atom is -0.258 e. The van der Waals surface area contributed by atoms with Crippen LogP contribution in [0.3, 0.4) is 0 Å². The summed E-state index contributed by atoms with van der Waals surface area (Å²) in [6, 6.07) is 0. The minimum absolute atomic E-state index is 0.598. The lowest BCUT2D eigenvalue weighted by Gasteiger charge is -2.16. The van der Waals surface area contributed by atoms with Gasteiger partial charge in [-0.15, -0.1) is 0 Å². The Bertz CT molecular complexity index is 298. The molecule has 0 amide bonds. The number of nitrogens with zero attached hydrogens (tertiary/aromatic N) is 1. The second-order valence-corrected chi connectivity index (χ2v) is 4.10. The summed E-state index contributed by atoms with van der Waals surface area (Å²) in [5.41, 5.74) is 6.54. The maximum atomic E-state index is 4.52. The van der Waals surface area contributed by atoms with E-state index in [-0.39, 0.29) is 0 Å². The Morgan fingerprint density at radius 3 is 1.54 bits per heavy atom. The highest BCUT2D eigenvalue weighted by Gasteiger charge is 2.11. The molecule has 0 saturated heterocycles. The van der Waals surface area contributed by atoms with E-state index >= 15 is 0 Å². The molecule has 0 fully saturated rings. The van der Waals surface area contributed by atoms with Gasteiger partial charge in [0, 0.05) is 11.4 Å². The van der Waals surface area contributed by atoms with Crippen LogP contribution in [0.15, 0.2) is 0 Å². The maximum absolute atomic E-state index is 4.52. The van der Waals surface area contributed by atoms with E-state index in [2.05, 4.69) is 46.5 Å². The molecule has 72 valence electrons. The normalized spacial score (nSPS) is 11.0. The highest BCUT2D eigenvalue weighted by Crippen LogP contribution is 2.25. The van der Waals surface area contributed by atoms with Crippen molar-refractivity contribution in [1.29, 1.82) is 0 Å². The Morgan fingerprint density at radius 1 is 0.846 bits per heavy atom. The Morgan fingerprint density at radius 2 is 1.23 bits per heavy atom. The number of rotatable bonds is 1. The molecule has 1 rings (SSSR count). The molecule has 1 heteroatoms. The highest BCUT2D eigenvalue weighted by molar-refractivity contribution is 5.40. The zero-order valence-corrected chi connectivity index (χ0v) is 9.52. The fourth-order valence-corrected chi connectivity index (χ4v) is 1.96. The monoisotopic (exact) mass is 177 g/mol. The van der Waals surface area contributed by atoms with Gasteiger partial charge in [0.25, 0.3) is 0 Å². The molecular weight excluding hydrogens is 158 g/mol. The molecule has 0 unspecified atom stereocenters. The SMILES string of the molecule is Cc1nc(C)c(C)c(C(C)C)c1C. The van der Waals surface area contributed by atoms with Crippen molar-refractivity contribution in [2.24, 2.45) is 0 Å². The van der Waals surface area contributed by atoms with Crippen molar-refractivity contribution < 1.29 is 0 Å². The average molecular weight is 177 g/mol. The Balaban J connectivity index is 3.46. The zero-order valence-electron chi connectivity index (χ0n) is 9.52. The molecule has 1 nitrogen and oxygen atoms in total. The summed E-state index contributed by atoms with van der Waals surface area (Å²) in [5, 5.41) is 0. The van der Waals surface area contributed by atoms with Crippen LogP contribution in [0.5, 0.6) is 0 Å². The summed E-state index contributed by atoms with van der Waals surface area (Å²) >= 11 is 0. The molecule has 0 spiro atoms. The van der Waals surface area contributed by atoms with Crippen LogP contribution in [0.1, 0.15) is 47.8 Å². The van der Waals surface area contributed by atoms with E-state index in [1.165, 1.54) is 28.1 Å². The Hall–Kier alpha value is -0.850. The van der Waals surface area contributed by atoms with Crippen molar-refractivity contribution in [3.63, 3.8) is 0 Å². The van der Waals surface area contributed by atoms with Gasteiger partial charge in [-0.2, -0.15) is 0 Å². The molecule has 1 aromatic rings. The van der Waals surface area contributed by atoms with E-state index in [1.54, 1.807) is 0 Å². The summed E-state index contributed by atoms with van der Waals surface area (Å²) in [7, 11) is 0. The molecule has 0 aromatic carbocycles. The molecule has 0 aliphatic carbocycles. The van der Waals surface area contributed by atoms with Gasteiger partial charge in [0.1, 0.15) is 0 Å². The van der Waals surface area contributed by atoms with Crippen LogP contribution in [-0.2, 0) is 0 Å². The summed E-state index contributed by atoms with van der Waals surface area (Å²) < 4.78 is 0. The van der Waals surface area contributed by atoms with Crippen molar-refractivity contribution in [2.45, 2.75) is 47.5 Å². The van der Waals surface area contributed by atoms with Crippen molar-refractivity contribution in [3.05, 3.63) is 28.1 Å². The van der Waals surface area contributed by atoms with E-state index in [4.69, 9.17) is 0 Å². The summed E-state index contributed by atoms with van der Waals surface area (Å²) in [5.74, 6) is 0.598. The molecule has 0 bridgehead atoms. The first-order valence-electron chi connectivity index (χ1n) is 4.89. The van der Waals surface area contributed by atoms with Gasteiger partial charge >= 0.3 is 0 Å². The minimum atomic E-state index is 0.598. The number of aromatic nitrogens is 1. The third-order valence-electron chi connectivity index (χ3n) is 2.81. The van der Waals surface area contributed by atoms with Crippen molar-refractivity contribution in [3.8, 4) is 0 Å². The second kappa shape index (κ2) is 3.49. The van der Waals surface area contributed by atoms with Gasteiger partial charge in [-0.3, -0.25) is 4.98 Å². The van der Waals surface area contributed by atoms with Crippen LogP contribution in [0.25, 0.3) is 0 Å². The summed E-state index contributed by atoms with van der Waals surface area (Å²) in [6.07, 6.45) is 0. The van der Waals surface area contributed by atoms with Gasteiger partial charge in [0.2, 0.25) is 0 Å². The fraction of sp³-hybridized carbons (Fsp3) is 0.583. The van der Waals surface area contributed by atoms with Crippen LogP contribution < -0.4 is 0 Å². The third-order valence-corrected chi connectivity index (χ3v) is 2.81. The molecule has 0 aliphatic heterocycles. The molecule has 0 N–H and O–H groups in total. The summed E-state index contributed by atoms with van der Waals surface area (Å²) in [6.45, 7) is 13.0. The average Bonchev–Trinajstić information content (AvgIpc) is 2.01. The number of hydrogen-bond donors (Lipinski definition) is 0. The van der Waals surface area contributed by atoms with Gasteiger partial charge in [-0.25, -0.2) is 0 Å². The number of hydrogen-bond acceptors (Lipinski definition) is 1. The Kier molecular flexibility index (Phi) is 2.74. The maximum Gasteiger partial charge on any atom is 0.0408 e. The molecule has 0 radical (unpaired) electrons. The van der Waals surface area contributed by atoms with Crippen LogP contribution in [0, 0.1) is 27.7 Å². The lowest BCUT2D eigenvalue weighted by Crippen LogP contribution is -2.03. The molecule has 1 aromatic heterocycles. The number of aryl methyl sites for hydroxylation is 2. The van der Waals surface area contributed by atoms with Crippen molar-refractivity contribution >= 4 is 0 Å². The highest BCUT2D eigenvalue weighted by atomic mass is 14.7. The predicted molar refractivity (Wildman–Crippen MR) is 57.3 cm³/mol. The first kappa shape index (κ1) is 10.2. The number of pyridine rings is 1. The van der Waals surface area contributed by atoms with Crippen LogP contribution >= 0.6 is 0 Å². The van der Waals surface area contributed by atoms with Crippen LogP contribution in [0.2, 0.25) is 0 Å². The van der Waals surface area contributed by atoms with Gasteiger partial charge < -0.3 is 0 Å². The zero-order chi connectivity index (χ0) is 10.2. The van der Waals surface area contributed by atoms with E-state index in [1.807, 2.05) is 0 Å². The van der Waals surface area contributed by atoms with Gasteiger partial charge in [-0.1, -0.05) is 13.8 Å². The van der Waals surface area contributed by atoms with Gasteiger partial charge in [-0.05, 0) is 50.3 Å². The van der Waals surface area contributed by atoms with E-state index in [9.17, 15) is 0 Å². The van der Waals surface area contributed by atoms with E-state index < -0.39 is 0 Å². The fourth-order valence-electron chi connectivity index (χ4n) is 1.96. The Labute approximate surface area is 81.2 Å². The smallest absolute Gasteiger partial charge is 0.0408 e. The van der Waals surface area contributed by atoms with E-state index in [0.29, 0.717) is 5.92 Å². The quantitative estimate of drug-likeness (QED) is 0.640. The largest absolute Gasteiger partial charge is 0.258 e. The molecular formula is C12H19N. The topological polar surface area (TPSA) is 12.9 Å². The molecule has 0 aliphatic rings. The van der Waals surface area contributed by atoms with Gasteiger partial charge in [0.15, 0.2) is 0 Å². The second-order valence-electron chi connectivity index (χ2n) is 4.10. The molecule has 0 saturated carbocycles.